The molecule has 0 atom stereocenters. The highest BCUT2D eigenvalue weighted by molar-refractivity contribution is 7.89. The molecule has 0 aromatic heterocycles. The summed E-state index contributed by atoms with van der Waals surface area (Å²) < 4.78 is 32.7. The molecule has 0 fully saturated rings. The van der Waals surface area contributed by atoms with Gasteiger partial charge >= 0.3 is 0 Å². The molecule has 0 aliphatic heterocycles. The van der Waals surface area contributed by atoms with E-state index in [-0.39, 0.29) is 17.2 Å². The number of hydrogen-bond acceptors (Lipinski definition) is 6. The predicted molar refractivity (Wildman–Crippen MR) is 121 cm³/mol. The van der Waals surface area contributed by atoms with Gasteiger partial charge in [0.05, 0.1) is 24.8 Å². The number of sulfonamides is 1. The predicted octanol–water partition coefficient (Wildman–Crippen LogP) is 2.74. The number of phenols is 1. The molecule has 0 saturated heterocycles. The first-order valence-electron chi connectivity index (χ1n) is 9.67. The van der Waals surface area contributed by atoms with Crippen molar-refractivity contribution in [2.75, 3.05) is 13.7 Å². The Morgan fingerprint density at radius 1 is 1.03 bits per heavy atom. The van der Waals surface area contributed by atoms with Crippen LogP contribution >= 0.6 is 0 Å². The first kappa shape index (κ1) is 23.0. The van der Waals surface area contributed by atoms with E-state index < -0.39 is 22.5 Å². The van der Waals surface area contributed by atoms with Crippen LogP contribution in [0, 0.1) is 0 Å². The molecule has 9 heteroatoms. The number of aromatic hydroxyl groups is 1. The van der Waals surface area contributed by atoms with Crippen molar-refractivity contribution in [3.05, 3.63) is 90.0 Å². The standard InChI is InChI=1S/C23H23N3O5S/c1-31-21-11-13-22(14-12-21)32(29,30)26(16-19-5-3-2-4-6-19)17-23(28)25-24-15-18-7-9-20(27)10-8-18/h2-15,27H,16-17H2,1H3,(H,25,28)/b24-15+. The zero-order valence-corrected chi connectivity index (χ0v) is 18.2. The molecule has 3 rings (SSSR count). The third-order valence-electron chi connectivity index (χ3n) is 4.51. The van der Waals surface area contributed by atoms with E-state index in [2.05, 4.69) is 10.5 Å². The molecule has 8 nitrogen and oxygen atoms in total. The Bertz CT molecular complexity index is 1160. The van der Waals surface area contributed by atoms with Crippen molar-refractivity contribution in [2.24, 2.45) is 5.10 Å². The average molecular weight is 454 g/mol. The molecule has 166 valence electrons. The number of hydrogen-bond donors (Lipinski definition) is 2. The maximum absolute atomic E-state index is 13.2. The summed E-state index contributed by atoms with van der Waals surface area (Å²) >= 11 is 0. The van der Waals surface area contributed by atoms with Crippen LogP contribution in [0.4, 0.5) is 0 Å². The lowest BCUT2D eigenvalue weighted by Crippen LogP contribution is -2.39. The monoisotopic (exact) mass is 453 g/mol. The highest BCUT2D eigenvalue weighted by Crippen LogP contribution is 2.21. The normalized spacial score (nSPS) is 11.6. The highest BCUT2D eigenvalue weighted by Gasteiger charge is 2.27. The van der Waals surface area contributed by atoms with Gasteiger partial charge in [0.2, 0.25) is 10.0 Å². The SMILES string of the molecule is COc1ccc(S(=O)(=O)N(CC(=O)N/N=C/c2ccc(O)cc2)Cc2ccccc2)cc1. The Kier molecular flexibility index (Phi) is 7.58. The van der Waals surface area contributed by atoms with Crippen LogP contribution in [0.15, 0.2) is 88.9 Å². The molecule has 0 spiro atoms. The van der Waals surface area contributed by atoms with Gasteiger partial charge in [-0.3, -0.25) is 4.79 Å². The van der Waals surface area contributed by atoms with Crippen molar-refractivity contribution in [1.82, 2.24) is 9.73 Å². The lowest BCUT2D eigenvalue weighted by Gasteiger charge is -2.21. The molecule has 0 radical (unpaired) electrons. The maximum Gasteiger partial charge on any atom is 0.255 e. The van der Waals surface area contributed by atoms with Crippen LogP contribution in [0.5, 0.6) is 11.5 Å². The first-order valence-corrected chi connectivity index (χ1v) is 11.1. The lowest BCUT2D eigenvalue weighted by molar-refractivity contribution is -0.121. The number of nitrogens with zero attached hydrogens (tertiary/aromatic N) is 2. The summed E-state index contributed by atoms with van der Waals surface area (Å²) in [6, 6.07) is 21.2. The highest BCUT2D eigenvalue weighted by atomic mass is 32.2. The van der Waals surface area contributed by atoms with Crippen LogP contribution in [0.1, 0.15) is 11.1 Å². The first-order chi connectivity index (χ1) is 15.4. The van der Waals surface area contributed by atoms with Gasteiger partial charge in [-0.05, 0) is 59.7 Å². The largest absolute Gasteiger partial charge is 0.508 e. The molecule has 0 aliphatic carbocycles. The van der Waals surface area contributed by atoms with Crippen LogP contribution in [0.3, 0.4) is 0 Å². The van der Waals surface area contributed by atoms with Gasteiger partial charge in [0.1, 0.15) is 11.5 Å². The Morgan fingerprint density at radius 3 is 2.31 bits per heavy atom. The van der Waals surface area contributed by atoms with Crippen LogP contribution in [0.25, 0.3) is 0 Å². The number of carbonyl (C=O) groups excluding carboxylic acids is 1. The second kappa shape index (κ2) is 10.6. The average Bonchev–Trinajstić information content (AvgIpc) is 2.80. The summed E-state index contributed by atoms with van der Waals surface area (Å²) in [5, 5.41) is 13.2. The summed E-state index contributed by atoms with van der Waals surface area (Å²) in [7, 11) is -2.47. The molecular formula is C23H23N3O5S. The van der Waals surface area contributed by atoms with E-state index in [0.717, 1.165) is 9.87 Å². The van der Waals surface area contributed by atoms with Gasteiger partial charge in [0.15, 0.2) is 0 Å². The Labute approximate surface area is 186 Å². The van der Waals surface area contributed by atoms with Crippen LogP contribution in [-0.2, 0) is 21.4 Å². The van der Waals surface area contributed by atoms with Gasteiger partial charge in [-0.15, -0.1) is 0 Å². The zero-order valence-electron chi connectivity index (χ0n) is 17.4. The molecular weight excluding hydrogens is 430 g/mol. The Morgan fingerprint density at radius 2 is 1.69 bits per heavy atom. The fraction of sp³-hybridized carbons (Fsp3) is 0.130. The lowest BCUT2D eigenvalue weighted by atomic mass is 10.2. The number of amides is 1. The van der Waals surface area contributed by atoms with Gasteiger partial charge < -0.3 is 9.84 Å². The second-order valence-corrected chi connectivity index (χ2v) is 8.76. The number of phenolic OH excluding ortho intramolecular Hbond substituents is 1. The fourth-order valence-electron chi connectivity index (χ4n) is 2.84. The topological polar surface area (TPSA) is 108 Å². The van der Waals surface area contributed by atoms with Crippen LogP contribution < -0.4 is 10.2 Å². The third-order valence-corrected chi connectivity index (χ3v) is 6.32. The van der Waals surface area contributed by atoms with E-state index in [1.807, 2.05) is 6.07 Å². The molecule has 0 aliphatic rings. The maximum atomic E-state index is 13.2. The number of rotatable bonds is 9. The number of methoxy groups -OCH3 is 1. The molecule has 0 unspecified atom stereocenters. The van der Waals surface area contributed by atoms with Crippen LogP contribution in [-0.4, -0.2) is 43.6 Å². The van der Waals surface area contributed by atoms with Crippen molar-refractivity contribution >= 4 is 22.1 Å². The molecule has 3 aromatic carbocycles. The summed E-state index contributed by atoms with van der Waals surface area (Å²) in [4.78, 5) is 12.5. The minimum absolute atomic E-state index is 0.0182. The summed E-state index contributed by atoms with van der Waals surface area (Å²) in [6.45, 7) is -0.402. The Hall–Kier alpha value is -3.69. The summed E-state index contributed by atoms with van der Waals surface area (Å²) in [5.41, 5.74) is 3.75. The number of benzene rings is 3. The van der Waals surface area contributed by atoms with Gasteiger partial charge in [-0.1, -0.05) is 30.3 Å². The van der Waals surface area contributed by atoms with Crippen molar-refractivity contribution in [3.8, 4) is 11.5 Å². The number of nitrogens with one attached hydrogen (secondary N) is 1. The van der Waals surface area contributed by atoms with Crippen molar-refractivity contribution < 1.29 is 23.1 Å². The van der Waals surface area contributed by atoms with Gasteiger partial charge in [-0.25, -0.2) is 13.8 Å². The van der Waals surface area contributed by atoms with E-state index in [9.17, 15) is 18.3 Å². The minimum Gasteiger partial charge on any atom is -0.508 e. The van der Waals surface area contributed by atoms with Gasteiger partial charge in [0.25, 0.3) is 5.91 Å². The van der Waals surface area contributed by atoms with Crippen molar-refractivity contribution in [3.63, 3.8) is 0 Å². The third kappa shape index (κ3) is 6.16. The van der Waals surface area contributed by atoms with E-state index in [0.29, 0.717) is 11.3 Å². The van der Waals surface area contributed by atoms with E-state index in [4.69, 9.17) is 4.74 Å². The summed E-state index contributed by atoms with van der Waals surface area (Å²) in [6.07, 6.45) is 1.40. The van der Waals surface area contributed by atoms with Crippen molar-refractivity contribution in [2.45, 2.75) is 11.4 Å². The van der Waals surface area contributed by atoms with E-state index >= 15 is 0 Å². The van der Waals surface area contributed by atoms with Gasteiger partial charge in [0, 0.05) is 6.54 Å². The summed E-state index contributed by atoms with van der Waals surface area (Å²) in [5.74, 6) is 0.0550. The van der Waals surface area contributed by atoms with E-state index in [1.165, 1.54) is 37.6 Å². The number of hydrazone groups is 1. The Balaban J connectivity index is 1.77. The molecule has 0 saturated carbocycles. The second-order valence-electron chi connectivity index (χ2n) is 6.82. The molecule has 2 N–H and O–H groups in total. The quantitative estimate of drug-likeness (QED) is 0.383. The fourth-order valence-corrected chi connectivity index (χ4v) is 4.23. The van der Waals surface area contributed by atoms with Crippen molar-refractivity contribution in [1.29, 1.82) is 0 Å². The molecule has 32 heavy (non-hydrogen) atoms. The van der Waals surface area contributed by atoms with E-state index in [1.54, 1.807) is 48.5 Å². The smallest absolute Gasteiger partial charge is 0.255 e. The molecule has 1 amide bonds. The van der Waals surface area contributed by atoms with Gasteiger partial charge in [-0.2, -0.15) is 9.41 Å². The zero-order chi connectivity index (χ0) is 23.0. The number of ether oxygens (including phenoxy) is 1. The molecule has 0 bridgehead atoms. The number of carbonyl (C=O) groups is 1. The van der Waals surface area contributed by atoms with Crippen LogP contribution in [0.2, 0.25) is 0 Å². The molecule has 3 aromatic rings. The molecule has 0 heterocycles. The minimum atomic E-state index is -3.96.